The van der Waals surface area contributed by atoms with Gasteiger partial charge in [-0.3, -0.25) is 9.59 Å². The molecule has 2 fully saturated rings. The number of amides is 1. The molecule has 1 amide bonds. The standard InChI is InChI=1S/C10H16N2O2/c1-9(2)7(13)10(3)6-11-4-5-12(10)8(9)14/h11H,4-6H2,1-3H3. The highest BCUT2D eigenvalue weighted by molar-refractivity contribution is 6.16. The molecule has 2 aliphatic rings. The van der Waals surface area contributed by atoms with Gasteiger partial charge in [0.1, 0.15) is 11.0 Å². The van der Waals surface area contributed by atoms with E-state index in [1.807, 2.05) is 6.92 Å². The number of carbonyl (C=O) groups excluding carboxylic acids is 2. The number of hydrogen-bond donors (Lipinski definition) is 1. The van der Waals surface area contributed by atoms with E-state index >= 15 is 0 Å². The van der Waals surface area contributed by atoms with Crippen LogP contribution in [-0.2, 0) is 9.59 Å². The number of Topliss-reactive ketones (excluding diaryl/α,β-unsaturated/α-hetero) is 1. The second-order valence-electron chi connectivity index (χ2n) is 4.86. The van der Waals surface area contributed by atoms with Gasteiger partial charge in [0.25, 0.3) is 0 Å². The van der Waals surface area contributed by atoms with Gasteiger partial charge in [-0.25, -0.2) is 0 Å². The molecule has 2 heterocycles. The van der Waals surface area contributed by atoms with E-state index in [2.05, 4.69) is 5.32 Å². The highest BCUT2D eigenvalue weighted by Gasteiger charge is 2.60. The Morgan fingerprint density at radius 3 is 2.50 bits per heavy atom. The summed E-state index contributed by atoms with van der Waals surface area (Å²) in [7, 11) is 0. The van der Waals surface area contributed by atoms with Gasteiger partial charge in [-0.15, -0.1) is 0 Å². The van der Waals surface area contributed by atoms with Gasteiger partial charge in [-0.05, 0) is 20.8 Å². The van der Waals surface area contributed by atoms with Crippen LogP contribution in [0.2, 0.25) is 0 Å². The van der Waals surface area contributed by atoms with Crippen molar-refractivity contribution in [2.24, 2.45) is 5.41 Å². The Bertz CT molecular complexity index is 311. The van der Waals surface area contributed by atoms with Crippen LogP contribution in [0.5, 0.6) is 0 Å². The zero-order chi connectivity index (χ0) is 10.6. The predicted molar refractivity (Wildman–Crippen MR) is 51.8 cm³/mol. The number of ketones is 1. The topological polar surface area (TPSA) is 49.4 Å². The van der Waals surface area contributed by atoms with E-state index in [1.165, 1.54) is 0 Å². The fraction of sp³-hybridized carbons (Fsp3) is 0.800. The molecule has 0 aliphatic carbocycles. The number of carbonyl (C=O) groups is 2. The summed E-state index contributed by atoms with van der Waals surface area (Å²) in [4.78, 5) is 25.8. The van der Waals surface area contributed by atoms with Crippen molar-refractivity contribution >= 4 is 11.7 Å². The van der Waals surface area contributed by atoms with Crippen LogP contribution in [-0.4, -0.2) is 41.8 Å². The summed E-state index contributed by atoms with van der Waals surface area (Å²) in [5.74, 6) is 0.0219. The molecular weight excluding hydrogens is 180 g/mol. The average Bonchev–Trinajstić information content (AvgIpc) is 2.27. The van der Waals surface area contributed by atoms with E-state index in [4.69, 9.17) is 0 Å². The van der Waals surface area contributed by atoms with Crippen molar-refractivity contribution in [3.8, 4) is 0 Å². The lowest BCUT2D eigenvalue weighted by atomic mass is 9.82. The van der Waals surface area contributed by atoms with Crippen LogP contribution in [0, 0.1) is 5.41 Å². The maximum atomic E-state index is 12.1. The molecule has 1 unspecified atom stereocenters. The number of nitrogens with one attached hydrogen (secondary N) is 1. The first kappa shape index (κ1) is 9.65. The minimum atomic E-state index is -0.833. The number of piperazine rings is 1. The lowest BCUT2D eigenvalue weighted by molar-refractivity contribution is -0.137. The van der Waals surface area contributed by atoms with Gasteiger partial charge in [0.15, 0.2) is 5.78 Å². The SMILES string of the molecule is CC1(C)C(=O)N2CCNCC2(C)C1=O. The fourth-order valence-corrected chi connectivity index (χ4v) is 2.50. The molecule has 0 aromatic rings. The van der Waals surface area contributed by atoms with E-state index in [0.717, 1.165) is 6.54 Å². The highest BCUT2D eigenvalue weighted by Crippen LogP contribution is 2.39. The van der Waals surface area contributed by atoms with Crippen molar-refractivity contribution in [1.82, 2.24) is 10.2 Å². The minimum absolute atomic E-state index is 0.0218. The minimum Gasteiger partial charge on any atom is -0.327 e. The van der Waals surface area contributed by atoms with Gasteiger partial charge in [-0.1, -0.05) is 0 Å². The highest BCUT2D eigenvalue weighted by atomic mass is 16.2. The Balaban J connectivity index is 2.46. The second kappa shape index (κ2) is 2.57. The Morgan fingerprint density at radius 2 is 1.93 bits per heavy atom. The third-order valence-electron chi connectivity index (χ3n) is 3.41. The molecular formula is C10H16N2O2. The van der Waals surface area contributed by atoms with E-state index in [-0.39, 0.29) is 11.7 Å². The average molecular weight is 196 g/mol. The van der Waals surface area contributed by atoms with Crippen molar-refractivity contribution < 1.29 is 9.59 Å². The molecule has 1 N–H and O–H groups in total. The molecule has 0 spiro atoms. The summed E-state index contributed by atoms with van der Waals surface area (Å²) in [6, 6.07) is 0. The first-order chi connectivity index (χ1) is 6.40. The van der Waals surface area contributed by atoms with Crippen LogP contribution in [0.3, 0.4) is 0 Å². The number of rotatable bonds is 0. The monoisotopic (exact) mass is 196 g/mol. The van der Waals surface area contributed by atoms with Gasteiger partial charge in [0, 0.05) is 19.6 Å². The summed E-state index contributed by atoms with van der Waals surface area (Å²) in [5.41, 5.74) is -1.44. The van der Waals surface area contributed by atoms with Crippen molar-refractivity contribution in [1.29, 1.82) is 0 Å². The third kappa shape index (κ3) is 0.919. The predicted octanol–water partition coefficient (Wildman–Crippen LogP) is -0.214. The van der Waals surface area contributed by atoms with Crippen LogP contribution in [0.15, 0.2) is 0 Å². The zero-order valence-corrected chi connectivity index (χ0v) is 8.89. The Kier molecular flexibility index (Phi) is 1.77. The van der Waals surface area contributed by atoms with Crippen molar-refractivity contribution in [2.45, 2.75) is 26.3 Å². The van der Waals surface area contributed by atoms with Gasteiger partial charge in [0.05, 0.1) is 0 Å². The first-order valence-electron chi connectivity index (χ1n) is 4.98. The molecule has 14 heavy (non-hydrogen) atoms. The maximum Gasteiger partial charge on any atom is 0.236 e. The molecule has 0 bridgehead atoms. The molecule has 0 saturated carbocycles. The molecule has 4 nitrogen and oxygen atoms in total. The smallest absolute Gasteiger partial charge is 0.236 e. The van der Waals surface area contributed by atoms with Crippen LogP contribution in [0.25, 0.3) is 0 Å². The van der Waals surface area contributed by atoms with Crippen molar-refractivity contribution in [3.63, 3.8) is 0 Å². The number of fused-ring (bicyclic) bond motifs is 1. The molecule has 2 saturated heterocycles. The summed E-state index contributed by atoms with van der Waals surface area (Å²) >= 11 is 0. The third-order valence-corrected chi connectivity index (χ3v) is 3.41. The Labute approximate surface area is 83.6 Å². The van der Waals surface area contributed by atoms with Gasteiger partial charge >= 0.3 is 0 Å². The first-order valence-corrected chi connectivity index (χ1v) is 4.98. The molecule has 0 aromatic heterocycles. The Morgan fingerprint density at radius 1 is 1.29 bits per heavy atom. The van der Waals surface area contributed by atoms with E-state index in [9.17, 15) is 9.59 Å². The summed E-state index contributed by atoms with van der Waals surface area (Å²) in [5, 5.41) is 3.17. The second-order valence-corrected chi connectivity index (χ2v) is 4.86. The molecule has 78 valence electrons. The van der Waals surface area contributed by atoms with Crippen molar-refractivity contribution in [2.75, 3.05) is 19.6 Å². The quantitative estimate of drug-likeness (QED) is 0.545. The lowest BCUT2D eigenvalue weighted by Gasteiger charge is -2.38. The van der Waals surface area contributed by atoms with Crippen LogP contribution in [0.1, 0.15) is 20.8 Å². The number of nitrogens with zero attached hydrogens (tertiary/aromatic N) is 1. The maximum absolute atomic E-state index is 12.1. The molecule has 4 heteroatoms. The fourth-order valence-electron chi connectivity index (χ4n) is 2.50. The van der Waals surface area contributed by atoms with Gasteiger partial charge in [0.2, 0.25) is 5.91 Å². The lowest BCUT2D eigenvalue weighted by Crippen LogP contribution is -2.60. The van der Waals surface area contributed by atoms with E-state index in [0.29, 0.717) is 13.1 Å². The largest absolute Gasteiger partial charge is 0.327 e. The van der Waals surface area contributed by atoms with Crippen LogP contribution >= 0.6 is 0 Å². The molecule has 0 aromatic carbocycles. The normalized spacial score (nSPS) is 36.1. The zero-order valence-electron chi connectivity index (χ0n) is 8.89. The van der Waals surface area contributed by atoms with Crippen molar-refractivity contribution in [3.05, 3.63) is 0 Å². The number of hydrogen-bond acceptors (Lipinski definition) is 3. The van der Waals surface area contributed by atoms with Crippen LogP contribution < -0.4 is 5.32 Å². The van der Waals surface area contributed by atoms with Crippen LogP contribution in [0.4, 0.5) is 0 Å². The van der Waals surface area contributed by atoms with Gasteiger partial charge < -0.3 is 10.2 Å². The van der Waals surface area contributed by atoms with E-state index < -0.39 is 11.0 Å². The molecule has 0 radical (unpaired) electrons. The summed E-state index contributed by atoms with van der Waals surface area (Å²) < 4.78 is 0. The van der Waals surface area contributed by atoms with Gasteiger partial charge in [-0.2, -0.15) is 0 Å². The summed E-state index contributed by atoms with van der Waals surface area (Å²) in [6.07, 6.45) is 0. The molecule has 2 rings (SSSR count). The Hall–Kier alpha value is -0.900. The molecule has 1 atom stereocenters. The summed E-state index contributed by atoms with van der Waals surface area (Å²) in [6.45, 7) is 7.31. The van der Waals surface area contributed by atoms with E-state index in [1.54, 1.807) is 18.7 Å². The molecule has 2 aliphatic heterocycles.